The Balaban J connectivity index is 2.69. The first kappa shape index (κ1) is 12.1. The average molecular weight is 215 g/mol. The van der Waals surface area contributed by atoms with Crippen LogP contribution >= 0.6 is 0 Å². The molecule has 0 spiro atoms. The summed E-state index contributed by atoms with van der Waals surface area (Å²) in [6.45, 7) is 3.78. The van der Waals surface area contributed by atoms with Crippen molar-refractivity contribution in [2.75, 3.05) is 6.54 Å². The van der Waals surface area contributed by atoms with E-state index < -0.39 is 17.7 Å². The maximum absolute atomic E-state index is 13.3. The molecule has 1 aromatic carbocycles. The maximum atomic E-state index is 13.3. The molecule has 2 atom stereocenters. The van der Waals surface area contributed by atoms with E-state index in [-0.39, 0.29) is 6.04 Å². The van der Waals surface area contributed by atoms with Gasteiger partial charge in [-0.05, 0) is 19.9 Å². The molecule has 0 heterocycles. The molecule has 1 aromatic rings. The number of aliphatic hydroxyl groups excluding tert-OH is 1. The van der Waals surface area contributed by atoms with Crippen LogP contribution in [0, 0.1) is 11.6 Å². The average Bonchev–Trinajstić information content (AvgIpc) is 2.14. The summed E-state index contributed by atoms with van der Waals surface area (Å²) in [6, 6.07) is 3.24. The second-order valence-electron chi connectivity index (χ2n) is 3.64. The summed E-state index contributed by atoms with van der Waals surface area (Å²) < 4.78 is 25.9. The Labute approximate surface area is 87.9 Å². The summed E-state index contributed by atoms with van der Waals surface area (Å²) in [7, 11) is 0. The summed E-state index contributed by atoms with van der Waals surface area (Å²) in [5.41, 5.74) is 0.400. The van der Waals surface area contributed by atoms with Crippen LogP contribution in [-0.2, 0) is 0 Å². The second-order valence-corrected chi connectivity index (χ2v) is 3.64. The van der Waals surface area contributed by atoms with Crippen LogP contribution in [-0.4, -0.2) is 17.8 Å². The molecule has 0 aliphatic carbocycles. The minimum atomic E-state index is -0.584. The van der Waals surface area contributed by atoms with Crippen LogP contribution in [0.5, 0.6) is 0 Å². The molecule has 0 saturated carbocycles. The Morgan fingerprint density at radius 3 is 2.53 bits per heavy atom. The molecule has 0 amide bonds. The highest BCUT2D eigenvalue weighted by molar-refractivity contribution is 5.21. The van der Waals surface area contributed by atoms with Gasteiger partial charge in [-0.1, -0.05) is 6.07 Å². The van der Waals surface area contributed by atoms with E-state index in [0.29, 0.717) is 12.1 Å². The lowest BCUT2D eigenvalue weighted by Gasteiger charge is -2.16. The standard InChI is InChI=1S/C11H15F2NO/c1-7(15)6-14-8(2)10-4-3-9(12)5-11(10)13/h3-5,7-8,14-15H,6H2,1-2H3/t7-,8+/m0/s1. The van der Waals surface area contributed by atoms with Gasteiger partial charge in [0.25, 0.3) is 0 Å². The Morgan fingerprint density at radius 1 is 1.33 bits per heavy atom. The van der Waals surface area contributed by atoms with Crippen molar-refractivity contribution in [1.82, 2.24) is 5.32 Å². The molecule has 0 aromatic heterocycles. The Bertz CT molecular complexity index is 328. The van der Waals surface area contributed by atoms with Crippen molar-refractivity contribution in [3.8, 4) is 0 Å². The molecule has 0 unspecified atom stereocenters. The predicted molar refractivity (Wildman–Crippen MR) is 54.5 cm³/mol. The molecule has 0 aliphatic rings. The van der Waals surface area contributed by atoms with E-state index in [2.05, 4.69) is 5.32 Å². The predicted octanol–water partition coefficient (Wildman–Crippen LogP) is 2.00. The number of hydrogen-bond donors (Lipinski definition) is 2. The molecule has 0 saturated heterocycles. The van der Waals surface area contributed by atoms with Crippen LogP contribution in [0.1, 0.15) is 25.5 Å². The van der Waals surface area contributed by atoms with Gasteiger partial charge in [0.2, 0.25) is 0 Å². The van der Waals surface area contributed by atoms with Gasteiger partial charge >= 0.3 is 0 Å². The summed E-state index contributed by atoms with van der Waals surface area (Å²) in [5, 5.41) is 12.0. The zero-order valence-electron chi connectivity index (χ0n) is 8.80. The molecule has 0 radical (unpaired) electrons. The van der Waals surface area contributed by atoms with Gasteiger partial charge in [0.15, 0.2) is 0 Å². The fourth-order valence-electron chi connectivity index (χ4n) is 1.31. The molecule has 84 valence electrons. The van der Waals surface area contributed by atoms with Crippen LogP contribution in [0.3, 0.4) is 0 Å². The van der Waals surface area contributed by atoms with E-state index >= 15 is 0 Å². The minimum absolute atomic E-state index is 0.250. The van der Waals surface area contributed by atoms with Crippen LogP contribution < -0.4 is 5.32 Å². The van der Waals surface area contributed by atoms with E-state index in [1.54, 1.807) is 13.8 Å². The Morgan fingerprint density at radius 2 is 2.00 bits per heavy atom. The fourth-order valence-corrected chi connectivity index (χ4v) is 1.31. The highest BCUT2D eigenvalue weighted by atomic mass is 19.1. The first-order chi connectivity index (χ1) is 7.00. The van der Waals surface area contributed by atoms with E-state index in [1.165, 1.54) is 12.1 Å². The molecular weight excluding hydrogens is 200 g/mol. The zero-order chi connectivity index (χ0) is 11.4. The molecule has 2 nitrogen and oxygen atoms in total. The normalized spacial score (nSPS) is 15.0. The van der Waals surface area contributed by atoms with Gasteiger partial charge in [0.1, 0.15) is 11.6 Å². The zero-order valence-corrected chi connectivity index (χ0v) is 8.80. The number of aliphatic hydroxyl groups is 1. The number of hydrogen-bond acceptors (Lipinski definition) is 2. The van der Waals surface area contributed by atoms with Crippen molar-refractivity contribution < 1.29 is 13.9 Å². The van der Waals surface area contributed by atoms with Crippen molar-refractivity contribution in [2.24, 2.45) is 0 Å². The van der Waals surface area contributed by atoms with Gasteiger partial charge in [-0.25, -0.2) is 8.78 Å². The summed E-state index contributed by atoms with van der Waals surface area (Å²) in [6.07, 6.45) is -0.490. The van der Waals surface area contributed by atoms with E-state index in [9.17, 15) is 8.78 Å². The van der Waals surface area contributed by atoms with Crippen LogP contribution in [0.4, 0.5) is 8.78 Å². The van der Waals surface area contributed by atoms with Gasteiger partial charge in [-0.15, -0.1) is 0 Å². The van der Waals surface area contributed by atoms with Gasteiger partial charge in [-0.2, -0.15) is 0 Å². The van der Waals surface area contributed by atoms with Crippen molar-refractivity contribution in [2.45, 2.75) is 26.0 Å². The SMILES string of the molecule is C[C@H](O)CN[C@H](C)c1ccc(F)cc1F. The Kier molecular flexibility index (Phi) is 4.17. The minimum Gasteiger partial charge on any atom is -0.392 e. The molecule has 15 heavy (non-hydrogen) atoms. The quantitative estimate of drug-likeness (QED) is 0.805. The topological polar surface area (TPSA) is 32.3 Å². The third-order valence-electron chi connectivity index (χ3n) is 2.15. The number of benzene rings is 1. The summed E-state index contributed by atoms with van der Waals surface area (Å²) in [4.78, 5) is 0. The summed E-state index contributed by atoms with van der Waals surface area (Å²) in [5.74, 6) is -1.15. The first-order valence-electron chi connectivity index (χ1n) is 4.87. The molecule has 1 rings (SSSR count). The molecule has 4 heteroatoms. The maximum Gasteiger partial charge on any atom is 0.130 e. The van der Waals surface area contributed by atoms with Crippen molar-refractivity contribution in [3.63, 3.8) is 0 Å². The van der Waals surface area contributed by atoms with Crippen LogP contribution in [0.2, 0.25) is 0 Å². The lowest BCUT2D eigenvalue weighted by atomic mass is 10.1. The van der Waals surface area contributed by atoms with Crippen molar-refractivity contribution in [3.05, 3.63) is 35.4 Å². The lowest BCUT2D eigenvalue weighted by molar-refractivity contribution is 0.187. The molecule has 0 aliphatic heterocycles. The lowest BCUT2D eigenvalue weighted by Crippen LogP contribution is -2.27. The molecular formula is C11H15F2NO. The highest BCUT2D eigenvalue weighted by Gasteiger charge is 2.11. The first-order valence-corrected chi connectivity index (χ1v) is 4.87. The fraction of sp³-hybridized carbons (Fsp3) is 0.455. The third-order valence-corrected chi connectivity index (χ3v) is 2.15. The van der Waals surface area contributed by atoms with Gasteiger partial charge < -0.3 is 10.4 Å². The summed E-state index contributed by atoms with van der Waals surface area (Å²) >= 11 is 0. The van der Waals surface area contributed by atoms with E-state index in [0.717, 1.165) is 6.07 Å². The number of rotatable bonds is 4. The van der Waals surface area contributed by atoms with E-state index in [1.807, 2.05) is 0 Å². The molecule has 0 bridgehead atoms. The van der Waals surface area contributed by atoms with Gasteiger partial charge in [0, 0.05) is 24.2 Å². The monoisotopic (exact) mass is 215 g/mol. The smallest absolute Gasteiger partial charge is 0.130 e. The number of halogens is 2. The van der Waals surface area contributed by atoms with Crippen molar-refractivity contribution in [1.29, 1.82) is 0 Å². The third kappa shape index (κ3) is 3.57. The van der Waals surface area contributed by atoms with Crippen LogP contribution in [0.15, 0.2) is 18.2 Å². The number of nitrogens with one attached hydrogen (secondary N) is 1. The van der Waals surface area contributed by atoms with Gasteiger partial charge in [-0.3, -0.25) is 0 Å². The molecule has 2 N–H and O–H groups in total. The largest absolute Gasteiger partial charge is 0.392 e. The Hall–Kier alpha value is -1.00. The second kappa shape index (κ2) is 5.19. The van der Waals surface area contributed by atoms with E-state index in [4.69, 9.17) is 5.11 Å². The molecule has 0 fully saturated rings. The highest BCUT2D eigenvalue weighted by Crippen LogP contribution is 2.17. The van der Waals surface area contributed by atoms with Gasteiger partial charge in [0.05, 0.1) is 6.10 Å². The van der Waals surface area contributed by atoms with Crippen molar-refractivity contribution >= 4 is 0 Å². The van der Waals surface area contributed by atoms with Crippen LogP contribution in [0.25, 0.3) is 0 Å².